The van der Waals surface area contributed by atoms with Crippen molar-refractivity contribution in [2.75, 3.05) is 23.7 Å². The van der Waals surface area contributed by atoms with E-state index >= 15 is 0 Å². The molecule has 0 unspecified atom stereocenters. The van der Waals surface area contributed by atoms with Crippen molar-refractivity contribution in [2.24, 2.45) is 4.99 Å². The number of hydrogen-bond acceptors (Lipinski definition) is 4. The van der Waals surface area contributed by atoms with Crippen molar-refractivity contribution in [3.05, 3.63) is 17.7 Å². The molecule has 3 nitrogen and oxygen atoms in total. The molecule has 3 rings (SSSR count). The number of fused-ring (bicyclic) bond motifs is 3. The van der Waals surface area contributed by atoms with Gasteiger partial charge in [0.2, 0.25) is 0 Å². The minimum absolute atomic E-state index is 0.128. The molecule has 0 aromatic heterocycles. The lowest BCUT2D eigenvalue weighted by atomic mass is 9.86. The third-order valence-corrected chi connectivity index (χ3v) is 4.65. The number of nitrogens with two attached hydrogens (primary N) is 1. The minimum atomic E-state index is 0.128. The van der Waals surface area contributed by atoms with Crippen molar-refractivity contribution in [2.45, 2.75) is 37.5 Å². The number of nitrogen functional groups attached to an aromatic ring is 1. The Balaban J connectivity index is 2.13. The zero-order valence-electron chi connectivity index (χ0n) is 11.2. The highest BCUT2D eigenvalue weighted by molar-refractivity contribution is 8.15. The van der Waals surface area contributed by atoms with Gasteiger partial charge in [-0.25, -0.2) is 0 Å². The summed E-state index contributed by atoms with van der Waals surface area (Å²) in [7, 11) is 0. The first-order chi connectivity index (χ1) is 8.47. The smallest absolute Gasteiger partial charge is 0.168 e. The second-order valence-electron chi connectivity index (χ2n) is 5.94. The molecule has 1 aromatic carbocycles. The molecular formula is C14H19N3S. The zero-order valence-corrected chi connectivity index (χ0v) is 12.0. The van der Waals surface area contributed by atoms with Gasteiger partial charge in [0, 0.05) is 18.8 Å². The molecule has 0 radical (unpaired) electrons. The number of thioether (sulfide) groups is 1. The molecule has 4 heteroatoms. The molecule has 0 saturated carbocycles. The number of hydrogen-bond donors (Lipinski definition) is 1. The first-order valence-corrected chi connectivity index (χ1v) is 7.22. The van der Waals surface area contributed by atoms with Gasteiger partial charge >= 0.3 is 0 Å². The van der Waals surface area contributed by atoms with E-state index < -0.39 is 0 Å². The highest BCUT2D eigenvalue weighted by Gasteiger charge is 2.31. The molecule has 2 aliphatic heterocycles. The summed E-state index contributed by atoms with van der Waals surface area (Å²) < 4.78 is 0. The van der Waals surface area contributed by atoms with Crippen LogP contribution in [0.4, 0.5) is 11.4 Å². The maximum atomic E-state index is 6.22. The van der Waals surface area contributed by atoms with E-state index in [1.165, 1.54) is 16.1 Å². The van der Waals surface area contributed by atoms with Crippen LogP contribution in [0.2, 0.25) is 0 Å². The van der Waals surface area contributed by atoms with Crippen LogP contribution in [0.3, 0.4) is 0 Å². The molecule has 18 heavy (non-hydrogen) atoms. The fraction of sp³-hybridized carbons (Fsp3) is 0.500. The Labute approximate surface area is 112 Å². The second-order valence-corrected chi connectivity index (χ2v) is 6.91. The topological polar surface area (TPSA) is 41.6 Å². The summed E-state index contributed by atoms with van der Waals surface area (Å²) in [6, 6.07) is 4.40. The van der Waals surface area contributed by atoms with Crippen LogP contribution < -0.4 is 10.6 Å². The predicted octanol–water partition coefficient (Wildman–Crippen LogP) is 3.24. The summed E-state index contributed by atoms with van der Waals surface area (Å²) in [5.41, 5.74) is 9.79. The van der Waals surface area contributed by atoms with Gasteiger partial charge in [0.05, 0.1) is 10.6 Å². The normalized spacial score (nSPS) is 18.4. The fourth-order valence-corrected chi connectivity index (χ4v) is 3.46. The van der Waals surface area contributed by atoms with Crippen LogP contribution in [0.5, 0.6) is 0 Å². The van der Waals surface area contributed by atoms with Gasteiger partial charge in [0.15, 0.2) is 5.17 Å². The fourth-order valence-electron chi connectivity index (χ4n) is 2.37. The SMILES string of the molecule is CC(C)(C)c1cc(N)c2c(c1)N1CCCN=C1S2. The number of anilines is 2. The maximum absolute atomic E-state index is 6.22. The summed E-state index contributed by atoms with van der Waals surface area (Å²) in [4.78, 5) is 8.09. The first kappa shape index (κ1) is 11.9. The third kappa shape index (κ3) is 1.79. The molecule has 1 aromatic rings. The molecule has 96 valence electrons. The van der Waals surface area contributed by atoms with Crippen LogP contribution in [0.1, 0.15) is 32.8 Å². The highest BCUT2D eigenvalue weighted by Crippen LogP contribution is 2.46. The molecule has 2 N–H and O–H groups in total. The lowest BCUT2D eigenvalue weighted by molar-refractivity contribution is 0.590. The average Bonchev–Trinajstić information content (AvgIpc) is 2.67. The van der Waals surface area contributed by atoms with E-state index in [-0.39, 0.29) is 5.41 Å². The highest BCUT2D eigenvalue weighted by atomic mass is 32.2. The lowest BCUT2D eigenvalue weighted by Gasteiger charge is -2.25. The van der Waals surface area contributed by atoms with Gasteiger partial charge in [-0.1, -0.05) is 20.8 Å². The summed E-state index contributed by atoms with van der Waals surface area (Å²) >= 11 is 1.72. The Hall–Kier alpha value is -1.16. The van der Waals surface area contributed by atoms with Crippen LogP contribution in [-0.2, 0) is 5.41 Å². The van der Waals surface area contributed by atoms with Crippen molar-refractivity contribution in [3.8, 4) is 0 Å². The molecule has 0 amide bonds. The zero-order chi connectivity index (χ0) is 12.9. The summed E-state index contributed by atoms with van der Waals surface area (Å²) in [5, 5.41) is 1.12. The minimum Gasteiger partial charge on any atom is -0.398 e. The Morgan fingerprint density at radius 1 is 1.33 bits per heavy atom. The Kier molecular flexibility index (Phi) is 2.59. The van der Waals surface area contributed by atoms with Gasteiger partial charge in [0.25, 0.3) is 0 Å². The van der Waals surface area contributed by atoms with Gasteiger partial charge in [-0.2, -0.15) is 0 Å². The van der Waals surface area contributed by atoms with Gasteiger partial charge < -0.3 is 10.6 Å². The summed E-state index contributed by atoms with van der Waals surface area (Å²) in [5.74, 6) is 0. The molecule has 2 aliphatic rings. The van der Waals surface area contributed by atoms with E-state index in [1.807, 2.05) is 0 Å². The van der Waals surface area contributed by atoms with Crippen LogP contribution in [-0.4, -0.2) is 18.3 Å². The van der Waals surface area contributed by atoms with E-state index in [0.29, 0.717) is 0 Å². The van der Waals surface area contributed by atoms with Crippen molar-refractivity contribution >= 4 is 28.3 Å². The van der Waals surface area contributed by atoms with Gasteiger partial charge in [-0.3, -0.25) is 4.99 Å². The van der Waals surface area contributed by atoms with Crippen LogP contribution in [0, 0.1) is 0 Å². The number of amidine groups is 1. The monoisotopic (exact) mass is 261 g/mol. The molecule has 0 bridgehead atoms. The van der Waals surface area contributed by atoms with Crippen molar-refractivity contribution in [1.82, 2.24) is 0 Å². The number of nitrogens with zero attached hydrogens (tertiary/aromatic N) is 2. The van der Waals surface area contributed by atoms with Crippen LogP contribution >= 0.6 is 11.8 Å². The van der Waals surface area contributed by atoms with Crippen molar-refractivity contribution < 1.29 is 0 Å². The van der Waals surface area contributed by atoms with Crippen molar-refractivity contribution in [3.63, 3.8) is 0 Å². The first-order valence-electron chi connectivity index (χ1n) is 6.40. The van der Waals surface area contributed by atoms with E-state index in [4.69, 9.17) is 5.73 Å². The molecule has 0 aliphatic carbocycles. The average molecular weight is 261 g/mol. The second kappa shape index (κ2) is 3.92. The predicted molar refractivity (Wildman–Crippen MR) is 79.7 cm³/mol. The largest absolute Gasteiger partial charge is 0.398 e. The molecule has 0 atom stereocenters. The molecular weight excluding hydrogens is 242 g/mol. The number of rotatable bonds is 0. The van der Waals surface area contributed by atoms with Crippen molar-refractivity contribution in [1.29, 1.82) is 0 Å². The number of aliphatic imine (C=N–C) groups is 1. The summed E-state index contributed by atoms with van der Waals surface area (Å²) in [6.07, 6.45) is 1.13. The van der Waals surface area contributed by atoms with E-state index in [0.717, 1.165) is 30.4 Å². The quantitative estimate of drug-likeness (QED) is 0.729. The molecule has 0 saturated heterocycles. The Morgan fingerprint density at radius 3 is 2.83 bits per heavy atom. The standard InChI is InChI=1S/C14H19N3S/c1-14(2,3)9-7-10(15)12-11(8-9)17-6-4-5-16-13(17)18-12/h7-8H,4-6,15H2,1-3H3. The summed E-state index contributed by atoms with van der Waals surface area (Å²) in [6.45, 7) is 8.68. The van der Waals surface area contributed by atoms with Gasteiger partial charge in [0.1, 0.15) is 0 Å². The molecule has 2 heterocycles. The van der Waals surface area contributed by atoms with Gasteiger partial charge in [-0.15, -0.1) is 0 Å². The molecule has 0 spiro atoms. The van der Waals surface area contributed by atoms with Gasteiger partial charge in [-0.05, 0) is 41.3 Å². The maximum Gasteiger partial charge on any atom is 0.168 e. The van der Waals surface area contributed by atoms with E-state index in [9.17, 15) is 0 Å². The molecule has 0 fully saturated rings. The Morgan fingerprint density at radius 2 is 2.11 bits per heavy atom. The third-order valence-electron chi connectivity index (χ3n) is 3.47. The lowest BCUT2D eigenvalue weighted by Crippen LogP contribution is -2.30. The Bertz CT molecular complexity index is 529. The van der Waals surface area contributed by atoms with E-state index in [1.54, 1.807) is 11.8 Å². The van der Waals surface area contributed by atoms with Crippen LogP contribution in [0.15, 0.2) is 22.0 Å². The number of benzene rings is 1. The van der Waals surface area contributed by atoms with Crippen LogP contribution in [0.25, 0.3) is 0 Å². The van der Waals surface area contributed by atoms with E-state index in [2.05, 4.69) is 42.8 Å².